The fourth-order valence-corrected chi connectivity index (χ4v) is 4.22. The second kappa shape index (κ2) is 9.92. The average molecular weight is 444 g/mol. The van der Waals surface area contributed by atoms with E-state index in [2.05, 4.69) is 20.5 Å². The van der Waals surface area contributed by atoms with E-state index in [-0.39, 0.29) is 24.0 Å². The van der Waals surface area contributed by atoms with Crippen LogP contribution in [0.15, 0.2) is 4.99 Å². The monoisotopic (exact) mass is 444 g/mol. The van der Waals surface area contributed by atoms with E-state index in [1.165, 1.54) is 32.1 Å². The summed E-state index contributed by atoms with van der Waals surface area (Å²) in [5.74, 6) is 1.45. The van der Waals surface area contributed by atoms with Gasteiger partial charge in [0.25, 0.3) is 0 Å². The van der Waals surface area contributed by atoms with Gasteiger partial charge in [0.1, 0.15) is 0 Å². The van der Waals surface area contributed by atoms with Crippen LogP contribution in [0.5, 0.6) is 0 Å². The molecule has 0 aromatic heterocycles. The van der Waals surface area contributed by atoms with Crippen molar-refractivity contribution in [2.75, 3.05) is 44.7 Å². The molecule has 22 heavy (non-hydrogen) atoms. The van der Waals surface area contributed by atoms with Crippen molar-refractivity contribution in [3.05, 3.63) is 0 Å². The molecule has 0 bridgehead atoms. The summed E-state index contributed by atoms with van der Waals surface area (Å²) in [5.41, 5.74) is 0. The molecule has 8 heteroatoms. The topological polar surface area (TPSA) is 73.8 Å². The number of hydrogen-bond acceptors (Lipinski definition) is 4. The fraction of sp³-hybridized carbons (Fsp3) is 0.929. The minimum atomic E-state index is -2.78. The van der Waals surface area contributed by atoms with E-state index >= 15 is 0 Å². The van der Waals surface area contributed by atoms with Gasteiger partial charge in [0.2, 0.25) is 0 Å². The standard InChI is InChI=1S/C14H28N4O2S.HI/c1-15-14(17-13-5-3-2-4-6-13)16-7-8-18-9-11-21(19,20)12-10-18;/h13H,2-12H2,1H3,(H2,15,16,17);1H. The van der Waals surface area contributed by atoms with Gasteiger partial charge >= 0.3 is 0 Å². The van der Waals surface area contributed by atoms with Crippen molar-refractivity contribution in [3.8, 4) is 0 Å². The van der Waals surface area contributed by atoms with Crippen molar-refractivity contribution in [2.45, 2.75) is 38.1 Å². The minimum Gasteiger partial charge on any atom is -0.355 e. The van der Waals surface area contributed by atoms with Gasteiger partial charge in [-0.05, 0) is 12.8 Å². The number of nitrogens with zero attached hydrogens (tertiary/aromatic N) is 2. The molecule has 1 aliphatic carbocycles. The predicted octanol–water partition coefficient (Wildman–Crippen LogP) is 0.833. The lowest BCUT2D eigenvalue weighted by Crippen LogP contribution is -2.48. The fourth-order valence-electron chi connectivity index (χ4n) is 2.94. The van der Waals surface area contributed by atoms with Crippen LogP contribution in [0.2, 0.25) is 0 Å². The number of aliphatic imine (C=N–C) groups is 1. The Morgan fingerprint density at radius 3 is 2.41 bits per heavy atom. The summed E-state index contributed by atoms with van der Waals surface area (Å²) in [6.45, 7) is 2.96. The molecule has 1 saturated heterocycles. The zero-order chi connectivity index (χ0) is 15.1. The zero-order valence-corrected chi connectivity index (χ0v) is 16.5. The summed E-state index contributed by atoms with van der Waals surface area (Å²) in [6, 6.07) is 0.546. The van der Waals surface area contributed by atoms with E-state index in [4.69, 9.17) is 0 Å². The van der Waals surface area contributed by atoms with Crippen LogP contribution in [0.25, 0.3) is 0 Å². The van der Waals surface area contributed by atoms with Crippen molar-refractivity contribution >= 4 is 39.8 Å². The Labute approximate surface area is 151 Å². The third-order valence-electron chi connectivity index (χ3n) is 4.33. The third-order valence-corrected chi connectivity index (χ3v) is 5.94. The van der Waals surface area contributed by atoms with Gasteiger partial charge in [-0.3, -0.25) is 9.89 Å². The summed E-state index contributed by atoms with van der Waals surface area (Å²) in [7, 11) is -0.982. The molecule has 1 aliphatic heterocycles. The van der Waals surface area contributed by atoms with E-state index in [1.54, 1.807) is 7.05 Å². The van der Waals surface area contributed by atoms with E-state index in [0.717, 1.165) is 19.0 Å². The first kappa shape index (κ1) is 20.0. The largest absolute Gasteiger partial charge is 0.355 e. The number of hydrogen-bond donors (Lipinski definition) is 2. The lowest BCUT2D eigenvalue weighted by Gasteiger charge is -2.28. The number of guanidine groups is 1. The second-order valence-electron chi connectivity index (χ2n) is 5.97. The summed E-state index contributed by atoms with van der Waals surface area (Å²) >= 11 is 0. The first-order valence-corrected chi connectivity index (χ1v) is 9.81. The van der Waals surface area contributed by atoms with Crippen LogP contribution >= 0.6 is 24.0 Å². The van der Waals surface area contributed by atoms with Gasteiger partial charge in [-0.2, -0.15) is 0 Å². The third kappa shape index (κ3) is 6.99. The quantitative estimate of drug-likeness (QED) is 0.382. The van der Waals surface area contributed by atoms with Crippen molar-refractivity contribution < 1.29 is 8.42 Å². The average Bonchev–Trinajstić information content (AvgIpc) is 2.49. The Balaban J connectivity index is 0.00000242. The molecular formula is C14H29IN4O2S. The van der Waals surface area contributed by atoms with Crippen molar-refractivity contribution in [1.29, 1.82) is 0 Å². The summed E-state index contributed by atoms with van der Waals surface area (Å²) < 4.78 is 22.7. The Hall–Kier alpha value is -0.0900. The van der Waals surface area contributed by atoms with Crippen LogP contribution in [0.1, 0.15) is 32.1 Å². The lowest BCUT2D eigenvalue weighted by molar-refractivity contribution is 0.299. The minimum absolute atomic E-state index is 0. The van der Waals surface area contributed by atoms with Gasteiger partial charge in [-0.1, -0.05) is 19.3 Å². The Bertz CT molecular complexity index is 436. The van der Waals surface area contributed by atoms with E-state index in [1.807, 2.05) is 0 Å². The highest BCUT2D eigenvalue weighted by atomic mass is 127. The molecule has 0 aromatic rings. The highest BCUT2D eigenvalue weighted by molar-refractivity contribution is 14.0. The van der Waals surface area contributed by atoms with Gasteiger partial charge in [0.15, 0.2) is 15.8 Å². The summed E-state index contributed by atoms with van der Waals surface area (Å²) in [4.78, 5) is 6.46. The molecule has 0 radical (unpaired) electrons. The van der Waals surface area contributed by atoms with Gasteiger partial charge < -0.3 is 10.6 Å². The number of rotatable bonds is 4. The zero-order valence-electron chi connectivity index (χ0n) is 13.4. The maximum atomic E-state index is 11.4. The first-order chi connectivity index (χ1) is 10.1. The van der Waals surface area contributed by atoms with Crippen LogP contribution in [0.4, 0.5) is 0 Å². The molecule has 0 spiro atoms. The first-order valence-electron chi connectivity index (χ1n) is 7.99. The lowest BCUT2D eigenvalue weighted by atomic mass is 9.96. The number of nitrogens with one attached hydrogen (secondary N) is 2. The highest BCUT2D eigenvalue weighted by Gasteiger charge is 2.21. The molecule has 0 unspecified atom stereocenters. The summed E-state index contributed by atoms with van der Waals surface area (Å²) in [5, 5.41) is 6.81. The van der Waals surface area contributed by atoms with Crippen LogP contribution in [0.3, 0.4) is 0 Å². The molecule has 1 heterocycles. The van der Waals surface area contributed by atoms with Gasteiger partial charge in [-0.25, -0.2) is 8.42 Å². The molecule has 2 fully saturated rings. The van der Waals surface area contributed by atoms with Crippen molar-refractivity contribution in [1.82, 2.24) is 15.5 Å². The van der Waals surface area contributed by atoms with Gasteiger partial charge in [0.05, 0.1) is 11.5 Å². The molecule has 130 valence electrons. The molecule has 0 amide bonds. The maximum absolute atomic E-state index is 11.4. The molecule has 2 rings (SSSR count). The SMILES string of the molecule is CN=C(NCCN1CCS(=O)(=O)CC1)NC1CCCCC1.I. The second-order valence-corrected chi connectivity index (χ2v) is 8.28. The van der Waals surface area contributed by atoms with Crippen molar-refractivity contribution in [3.63, 3.8) is 0 Å². The smallest absolute Gasteiger partial charge is 0.191 e. The van der Waals surface area contributed by atoms with E-state index in [0.29, 0.717) is 30.6 Å². The molecule has 6 nitrogen and oxygen atoms in total. The molecule has 0 aromatic carbocycles. The van der Waals surface area contributed by atoms with Gasteiger partial charge in [-0.15, -0.1) is 24.0 Å². The van der Waals surface area contributed by atoms with Gasteiger partial charge in [0, 0.05) is 39.3 Å². The highest BCUT2D eigenvalue weighted by Crippen LogP contribution is 2.17. The Kier molecular flexibility index (Phi) is 9.00. The van der Waals surface area contributed by atoms with E-state index < -0.39 is 9.84 Å². The van der Waals surface area contributed by atoms with Crippen LogP contribution in [-0.2, 0) is 9.84 Å². The number of halogens is 1. The Morgan fingerprint density at radius 2 is 1.82 bits per heavy atom. The normalized spacial score (nSPS) is 23.6. The van der Waals surface area contributed by atoms with Crippen LogP contribution in [-0.4, -0.2) is 70.1 Å². The predicted molar refractivity (Wildman–Crippen MR) is 102 cm³/mol. The molecule has 2 N–H and O–H groups in total. The maximum Gasteiger partial charge on any atom is 0.191 e. The Morgan fingerprint density at radius 1 is 1.18 bits per heavy atom. The number of sulfone groups is 1. The van der Waals surface area contributed by atoms with Crippen LogP contribution in [0, 0.1) is 0 Å². The van der Waals surface area contributed by atoms with Crippen molar-refractivity contribution in [2.24, 2.45) is 4.99 Å². The van der Waals surface area contributed by atoms with E-state index in [9.17, 15) is 8.42 Å². The van der Waals surface area contributed by atoms with Crippen LogP contribution < -0.4 is 10.6 Å². The summed E-state index contributed by atoms with van der Waals surface area (Å²) in [6.07, 6.45) is 6.41. The molecule has 1 saturated carbocycles. The molecular weight excluding hydrogens is 415 g/mol. The molecule has 2 aliphatic rings. The molecule has 0 atom stereocenters.